The maximum atomic E-state index is 12.9. The Hall–Kier alpha value is -1.57. The Labute approximate surface area is 133 Å². The first-order valence-electron chi connectivity index (χ1n) is 6.45. The van der Waals surface area contributed by atoms with E-state index < -0.39 is 43.0 Å². The molecule has 0 radical (unpaired) electrons. The van der Waals surface area contributed by atoms with E-state index in [1.807, 2.05) is 0 Å². The minimum absolute atomic E-state index is 0.235. The van der Waals surface area contributed by atoms with Crippen LogP contribution in [0.3, 0.4) is 0 Å². The van der Waals surface area contributed by atoms with Crippen LogP contribution in [0.25, 0.3) is 0 Å². The molecule has 1 aromatic rings. The first-order chi connectivity index (χ1) is 10.1. The molecule has 0 unspecified atom stereocenters. The van der Waals surface area contributed by atoms with Crippen molar-refractivity contribution in [3.8, 4) is 0 Å². The lowest BCUT2D eigenvalue weighted by atomic mass is 9.96. The summed E-state index contributed by atoms with van der Waals surface area (Å²) in [7, 11) is 0. The van der Waals surface area contributed by atoms with Crippen LogP contribution in [0.1, 0.15) is 15.9 Å². The molecule has 0 aromatic heterocycles. The molecule has 1 aliphatic rings. The molecule has 0 spiro atoms. The Morgan fingerprint density at radius 1 is 1.27 bits per heavy atom. The molecule has 1 aliphatic heterocycles. The lowest BCUT2D eigenvalue weighted by Gasteiger charge is -2.18. The van der Waals surface area contributed by atoms with E-state index in [1.54, 1.807) is 19.1 Å². The topological polar surface area (TPSA) is 57.6 Å². The molecule has 0 bridgehead atoms. The van der Waals surface area contributed by atoms with Gasteiger partial charge < -0.3 is 10.0 Å². The zero-order valence-corrected chi connectivity index (χ0v) is 13.1. The van der Waals surface area contributed by atoms with Crippen molar-refractivity contribution < 1.29 is 27.9 Å². The SMILES string of the molecule is Cc1cc(Br)cc(C(=O)N2C[C@@H](C(F)(F)F)[C@H](C(=O)O)C2)c1. The van der Waals surface area contributed by atoms with Gasteiger partial charge in [-0.2, -0.15) is 13.2 Å². The molecule has 1 fully saturated rings. The second-order valence-corrected chi connectivity index (χ2v) is 6.24. The quantitative estimate of drug-likeness (QED) is 0.858. The summed E-state index contributed by atoms with van der Waals surface area (Å²) >= 11 is 3.22. The summed E-state index contributed by atoms with van der Waals surface area (Å²) in [5, 5.41) is 8.96. The van der Waals surface area contributed by atoms with E-state index in [-0.39, 0.29) is 5.56 Å². The number of carboxylic acids is 1. The molecule has 0 aliphatic carbocycles. The van der Waals surface area contributed by atoms with Crippen LogP contribution in [-0.2, 0) is 4.79 Å². The minimum atomic E-state index is -4.65. The van der Waals surface area contributed by atoms with Gasteiger partial charge in [0, 0.05) is 23.1 Å². The largest absolute Gasteiger partial charge is 0.481 e. The van der Waals surface area contributed by atoms with Crippen molar-refractivity contribution in [3.63, 3.8) is 0 Å². The van der Waals surface area contributed by atoms with Crippen LogP contribution in [0.2, 0.25) is 0 Å². The van der Waals surface area contributed by atoms with Gasteiger partial charge in [0.2, 0.25) is 0 Å². The maximum absolute atomic E-state index is 12.9. The third kappa shape index (κ3) is 3.43. The van der Waals surface area contributed by atoms with Crippen molar-refractivity contribution in [2.75, 3.05) is 13.1 Å². The predicted octanol–water partition coefficient (Wildman–Crippen LogP) is 3.09. The average Bonchev–Trinajstić information content (AvgIpc) is 2.81. The summed E-state index contributed by atoms with van der Waals surface area (Å²) in [6.45, 7) is 0.679. The van der Waals surface area contributed by atoms with Crippen molar-refractivity contribution >= 4 is 27.8 Å². The van der Waals surface area contributed by atoms with Crippen LogP contribution in [0, 0.1) is 18.8 Å². The fraction of sp³-hybridized carbons (Fsp3) is 0.429. The van der Waals surface area contributed by atoms with Gasteiger partial charge in [0.25, 0.3) is 5.91 Å². The summed E-state index contributed by atoms with van der Waals surface area (Å²) in [6.07, 6.45) is -4.65. The number of hydrogen-bond donors (Lipinski definition) is 1. The second kappa shape index (κ2) is 5.91. The van der Waals surface area contributed by atoms with Gasteiger partial charge in [-0.15, -0.1) is 0 Å². The Morgan fingerprint density at radius 2 is 1.91 bits per heavy atom. The van der Waals surface area contributed by atoms with Gasteiger partial charge in [0.05, 0.1) is 11.8 Å². The third-order valence-corrected chi connectivity index (χ3v) is 4.09. The molecule has 1 saturated heterocycles. The number of carbonyl (C=O) groups is 2. The number of benzene rings is 1. The van der Waals surface area contributed by atoms with Crippen LogP contribution in [0.15, 0.2) is 22.7 Å². The highest BCUT2D eigenvalue weighted by Gasteiger charge is 2.53. The van der Waals surface area contributed by atoms with Crippen LogP contribution >= 0.6 is 15.9 Å². The van der Waals surface area contributed by atoms with Gasteiger partial charge in [-0.3, -0.25) is 9.59 Å². The number of carbonyl (C=O) groups excluding carboxylic acids is 1. The summed E-state index contributed by atoms with van der Waals surface area (Å²) in [6, 6.07) is 4.83. The number of aliphatic carboxylic acids is 1. The summed E-state index contributed by atoms with van der Waals surface area (Å²) in [4.78, 5) is 24.3. The molecule has 2 rings (SSSR count). The molecular formula is C14H13BrF3NO3. The Balaban J connectivity index is 2.26. The standard InChI is InChI=1S/C14H13BrF3NO3/c1-7-2-8(4-9(15)3-7)12(20)19-5-10(13(21)22)11(6-19)14(16,17)18/h2-4,10-11H,5-6H2,1H3,(H,21,22)/t10-,11-/m1/s1. The Bertz CT molecular complexity index is 598. The zero-order chi connectivity index (χ0) is 16.7. The third-order valence-electron chi connectivity index (χ3n) is 3.63. The lowest BCUT2D eigenvalue weighted by molar-refractivity contribution is -0.187. The highest BCUT2D eigenvalue weighted by molar-refractivity contribution is 9.10. The Kier molecular flexibility index (Phi) is 4.51. The van der Waals surface area contributed by atoms with Crippen LogP contribution in [0.5, 0.6) is 0 Å². The molecule has 1 aromatic carbocycles. The number of halogens is 4. The second-order valence-electron chi connectivity index (χ2n) is 5.32. The highest BCUT2D eigenvalue weighted by atomic mass is 79.9. The van der Waals surface area contributed by atoms with E-state index in [0.717, 1.165) is 10.5 Å². The zero-order valence-electron chi connectivity index (χ0n) is 11.5. The van der Waals surface area contributed by atoms with Crippen LogP contribution in [-0.4, -0.2) is 41.1 Å². The summed E-state index contributed by atoms with van der Waals surface area (Å²) in [5.74, 6) is -5.80. The number of hydrogen-bond acceptors (Lipinski definition) is 2. The van der Waals surface area contributed by atoms with E-state index in [0.29, 0.717) is 4.47 Å². The molecule has 22 heavy (non-hydrogen) atoms. The van der Waals surface area contributed by atoms with E-state index in [1.165, 1.54) is 6.07 Å². The van der Waals surface area contributed by atoms with E-state index in [4.69, 9.17) is 5.11 Å². The Morgan fingerprint density at radius 3 is 2.36 bits per heavy atom. The van der Waals surface area contributed by atoms with E-state index >= 15 is 0 Å². The minimum Gasteiger partial charge on any atom is -0.481 e. The molecule has 2 atom stereocenters. The molecule has 1 amide bonds. The van der Waals surface area contributed by atoms with Gasteiger partial charge in [0.1, 0.15) is 0 Å². The molecule has 8 heteroatoms. The monoisotopic (exact) mass is 379 g/mol. The van der Waals surface area contributed by atoms with Crippen molar-refractivity contribution in [3.05, 3.63) is 33.8 Å². The average molecular weight is 380 g/mol. The van der Waals surface area contributed by atoms with Gasteiger partial charge in [-0.25, -0.2) is 0 Å². The molecule has 1 heterocycles. The smallest absolute Gasteiger partial charge is 0.394 e. The van der Waals surface area contributed by atoms with Gasteiger partial charge in [-0.1, -0.05) is 15.9 Å². The molecule has 4 nitrogen and oxygen atoms in total. The number of carboxylic acid groups (broad SMARTS) is 1. The fourth-order valence-corrected chi connectivity index (χ4v) is 3.20. The van der Waals surface area contributed by atoms with Crippen LogP contribution < -0.4 is 0 Å². The molecule has 120 valence electrons. The van der Waals surface area contributed by atoms with Gasteiger partial charge >= 0.3 is 12.1 Å². The first kappa shape index (κ1) is 16.8. The first-order valence-corrected chi connectivity index (χ1v) is 7.25. The van der Waals surface area contributed by atoms with Crippen molar-refractivity contribution in [2.24, 2.45) is 11.8 Å². The van der Waals surface area contributed by atoms with Gasteiger partial charge in [0.15, 0.2) is 0 Å². The molecule has 1 N–H and O–H groups in total. The number of aryl methyl sites for hydroxylation is 1. The van der Waals surface area contributed by atoms with E-state index in [2.05, 4.69) is 15.9 Å². The number of likely N-dealkylation sites (tertiary alicyclic amines) is 1. The number of rotatable bonds is 2. The maximum Gasteiger partial charge on any atom is 0.394 e. The van der Waals surface area contributed by atoms with E-state index in [9.17, 15) is 22.8 Å². The number of nitrogens with zero attached hydrogens (tertiary/aromatic N) is 1. The van der Waals surface area contributed by atoms with Crippen molar-refractivity contribution in [1.29, 1.82) is 0 Å². The molecular weight excluding hydrogens is 367 g/mol. The highest BCUT2D eigenvalue weighted by Crippen LogP contribution is 2.38. The van der Waals surface area contributed by atoms with Crippen molar-refractivity contribution in [2.45, 2.75) is 13.1 Å². The number of alkyl halides is 3. The van der Waals surface area contributed by atoms with Gasteiger partial charge in [-0.05, 0) is 30.7 Å². The van der Waals surface area contributed by atoms with Crippen molar-refractivity contribution in [1.82, 2.24) is 4.90 Å². The fourth-order valence-electron chi connectivity index (χ4n) is 2.59. The summed E-state index contributed by atoms with van der Waals surface area (Å²) in [5.41, 5.74) is 1.01. The number of amides is 1. The normalized spacial score (nSPS) is 22.0. The summed E-state index contributed by atoms with van der Waals surface area (Å²) < 4.78 is 39.4. The van der Waals surface area contributed by atoms with Crippen LogP contribution in [0.4, 0.5) is 13.2 Å². The molecule has 0 saturated carbocycles. The predicted molar refractivity (Wildman–Crippen MR) is 75.5 cm³/mol. The lowest BCUT2D eigenvalue weighted by Crippen LogP contribution is -2.34.